The predicted octanol–water partition coefficient (Wildman–Crippen LogP) is 3.05. The summed E-state index contributed by atoms with van der Waals surface area (Å²) in [6.45, 7) is 3.67. The Kier molecular flexibility index (Phi) is 5.02. The van der Waals surface area contributed by atoms with Crippen molar-refractivity contribution >= 4 is 29.2 Å². The molecule has 0 radical (unpaired) electrons. The van der Waals surface area contributed by atoms with E-state index in [0.29, 0.717) is 17.1 Å². The summed E-state index contributed by atoms with van der Waals surface area (Å²) in [5.74, 6) is -0.870. The van der Waals surface area contributed by atoms with E-state index in [1.54, 1.807) is 43.3 Å². The largest absolute Gasteiger partial charge is 0.423 e. The van der Waals surface area contributed by atoms with Crippen LogP contribution in [0.1, 0.15) is 25.3 Å². The fourth-order valence-electron chi connectivity index (χ4n) is 2.87. The number of aryl methyl sites for hydroxylation is 1. The molecule has 0 aromatic heterocycles. The number of rotatable bonds is 4. The number of amides is 2. The maximum Gasteiger partial charge on any atom is 0.335 e. The second-order valence-corrected chi connectivity index (χ2v) is 6.14. The van der Waals surface area contributed by atoms with Crippen molar-refractivity contribution in [1.82, 2.24) is 0 Å². The molecule has 0 bridgehead atoms. The van der Waals surface area contributed by atoms with Crippen molar-refractivity contribution in [2.75, 3.05) is 10.2 Å². The lowest BCUT2D eigenvalue weighted by molar-refractivity contribution is -0.140. The van der Waals surface area contributed by atoms with E-state index in [-0.39, 0.29) is 24.7 Å². The van der Waals surface area contributed by atoms with Gasteiger partial charge in [0.15, 0.2) is 5.75 Å². The summed E-state index contributed by atoms with van der Waals surface area (Å²) in [5, 5.41) is 2.75. The molecule has 134 valence electrons. The average Bonchev–Trinajstić information content (AvgIpc) is 2.63. The lowest BCUT2D eigenvalue weighted by atomic mass is 10.1. The first-order valence-corrected chi connectivity index (χ1v) is 8.49. The summed E-state index contributed by atoms with van der Waals surface area (Å²) in [7, 11) is 0. The molecule has 0 aliphatic carbocycles. The number of nitrogens with one attached hydrogen (secondary N) is 1. The summed E-state index contributed by atoms with van der Waals surface area (Å²) in [4.78, 5) is 38.7. The van der Waals surface area contributed by atoms with Crippen molar-refractivity contribution in [2.45, 2.75) is 32.7 Å². The van der Waals surface area contributed by atoms with Gasteiger partial charge in [-0.1, -0.05) is 36.8 Å². The van der Waals surface area contributed by atoms with Crippen LogP contribution >= 0.6 is 0 Å². The van der Waals surface area contributed by atoms with E-state index in [4.69, 9.17) is 4.74 Å². The molecule has 1 atom stereocenters. The van der Waals surface area contributed by atoms with Crippen LogP contribution in [-0.2, 0) is 14.4 Å². The molecular formula is C20H20N2O4. The highest BCUT2D eigenvalue weighted by molar-refractivity contribution is 6.06. The highest BCUT2D eigenvalue weighted by atomic mass is 16.5. The summed E-state index contributed by atoms with van der Waals surface area (Å²) in [6.07, 6.45) is 0.0461. The molecule has 1 heterocycles. The molecule has 1 aliphatic rings. The topological polar surface area (TPSA) is 75.7 Å². The Balaban J connectivity index is 1.82. The third-order valence-corrected chi connectivity index (χ3v) is 4.20. The monoisotopic (exact) mass is 352 g/mol. The number of nitrogens with zero attached hydrogens (tertiary/aromatic N) is 1. The fourth-order valence-corrected chi connectivity index (χ4v) is 2.87. The van der Waals surface area contributed by atoms with Gasteiger partial charge >= 0.3 is 5.97 Å². The van der Waals surface area contributed by atoms with Crippen molar-refractivity contribution in [3.8, 4) is 5.75 Å². The molecule has 3 rings (SSSR count). The van der Waals surface area contributed by atoms with Crippen LogP contribution in [0.5, 0.6) is 5.75 Å². The van der Waals surface area contributed by atoms with Gasteiger partial charge in [0.25, 0.3) is 0 Å². The number of benzene rings is 2. The van der Waals surface area contributed by atoms with Gasteiger partial charge in [0.2, 0.25) is 11.8 Å². The highest BCUT2D eigenvalue weighted by Crippen LogP contribution is 2.35. The average molecular weight is 352 g/mol. The Morgan fingerprint density at radius 3 is 2.50 bits per heavy atom. The Labute approximate surface area is 151 Å². The molecule has 0 saturated carbocycles. The molecule has 0 spiro atoms. The molecule has 6 heteroatoms. The minimum Gasteiger partial charge on any atom is -0.423 e. The first-order chi connectivity index (χ1) is 12.5. The van der Waals surface area contributed by atoms with Gasteiger partial charge in [-0.25, -0.2) is 4.79 Å². The molecular weight excluding hydrogens is 332 g/mol. The van der Waals surface area contributed by atoms with Crippen LogP contribution < -0.4 is 15.0 Å². The Morgan fingerprint density at radius 2 is 1.81 bits per heavy atom. The van der Waals surface area contributed by atoms with E-state index in [1.807, 2.05) is 19.1 Å². The molecule has 2 aromatic rings. The highest BCUT2D eigenvalue weighted by Gasteiger charge is 2.39. The van der Waals surface area contributed by atoms with Crippen molar-refractivity contribution < 1.29 is 19.1 Å². The molecule has 0 unspecified atom stereocenters. The van der Waals surface area contributed by atoms with Crippen LogP contribution in [0.4, 0.5) is 11.4 Å². The minimum absolute atomic E-state index is 0.174. The van der Waals surface area contributed by atoms with E-state index in [1.165, 1.54) is 4.90 Å². The number of anilines is 2. The second kappa shape index (κ2) is 7.39. The maximum atomic E-state index is 12.4. The first-order valence-electron chi connectivity index (χ1n) is 8.49. The number of hydrogen-bond acceptors (Lipinski definition) is 4. The van der Waals surface area contributed by atoms with Gasteiger partial charge in [-0.3, -0.25) is 14.5 Å². The van der Waals surface area contributed by atoms with Crippen LogP contribution in [0.25, 0.3) is 0 Å². The molecule has 1 N–H and O–H groups in total. The number of ether oxygens (including phenoxy) is 1. The molecule has 1 aliphatic heterocycles. The normalized spacial score (nSPS) is 15.8. The molecule has 26 heavy (non-hydrogen) atoms. The summed E-state index contributed by atoms with van der Waals surface area (Å²) >= 11 is 0. The Morgan fingerprint density at radius 1 is 1.12 bits per heavy atom. The van der Waals surface area contributed by atoms with Crippen molar-refractivity contribution in [3.05, 3.63) is 54.1 Å². The third kappa shape index (κ3) is 3.59. The van der Waals surface area contributed by atoms with Gasteiger partial charge in [0, 0.05) is 12.1 Å². The van der Waals surface area contributed by atoms with Gasteiger partial charge in [0.1, 0.15) is 6.04 Å². The van der Waals surface area contributed by atoms with Crippen LogP contribution in [0, 0.1) is 6.92 Å². The number of carbonyl (C=O) groups is 3. The zero-order chi connectivity index (χ0) is 18.7. The summed E-state index contributed by atoms with van der Waals surface area (Å²) in [5.41, 5.74) is 2.22. The Bertz CT molecular complexity index is 845. The minimum atomic E-state index is -0.984. The van der Waals surface area contributed by atoms with E-state index in [9.17, 15) is 14.4 Å². The van der Waals surface area contributed by atoms with Crippen molar-refractivity contribution in [1.29, 1.82) is 0 Å². The predicted molar refractivity (Wildman–Crippen MR) is 98.1 cm³/mol. The number of esters is 1. The molecule has 6 nitrogen and oxygen atoms in total. The van der Waals surface area contributed by atoms with Gasteiger partial charge in [0.05, 0.1) is 12.1 Å². The number of hydrogen-bond donors (Lipinski definition) is 1. The summed E-state index contributed by atoms with van der Waals surface area (Å²) in [6, 6.07) is 13.2. The Hall–Kier alpha value is -3.15. The standard InChI is InChI=1S/C20H20N2O4/c1-3-19(24)22-15-6-4-5-7-17(15)26-20(25)16(22)12-18(23)21-14-10-8-13(2)9-11-14/h4-11,16H,3,12H2,1-2H3,(H,21,23)/t16-/m1/s1. The first kappa shape index (κ1) is 17.7. The quantitative estimate of drug-likeness (QED) is 0.678. The maximum absolute atomic E-state index is 12.4. The second-order valence-electron chi connectivity index (χ2n) is 6.14. The van der Waals surface area contributed by atoms with Crippen LogP contribution in [0.15, 0.2) is 48.5 Å². The smallest absolute Gasteiger partial charge is 0.335 e. The number of fused-ring (bicyclic) bond motifs is 1. The third-order valence-electron chi connectivity index (χ3n) is 4.20. The fraction of sp³-hybridized carbons (Fsp3) is 0.250. The number of carbonyl (C=O) groups excluding carboxylic acids is 3. The van der Waals surface area contributed by atoms with Gasteiger partial charge in [-0.15, -0.1) is 0 Å². The van der Waals surface area contributed by atoms with Gasteiger partial charge in [-0.05, 0) is 31.2 Å². The van der Waals surface area contributed by atoms with E-state index < -0.39 is 12.0 Å². The SMILES string of the molecule is CCC(=O)N1c2ccccc2OC(=O)[C@H]1CC(=O)Nc1ccc(C)cc1. The zero-order valence-corrected chi connectivity index (χ0v) is 14.7. The van der Waals surface area contributed by atoms with Crippen LogP contribution in [0.3, 0.4) is 0 Å². The molecule has 0 fully saturated rings. The van der Waals surface area contributed by atoms with E-state index >= 15 is 0 Å². The van der Waals surface area contributed by atoms with Crippen LogP contribution in [-0.4, -0.2) is 23.8 Å². The van der Waals surface area contributed by atoms with E-state index in [2.05, 4.69) is 5.32 Å². The van der Waals surface area contributed by atoms with E-state index in [0.717, 1.165) is 5.56 Å². The van der Waals surface area contributed by atoms with Crippen molar-refractivity contribution in [2.24, 2.45) is 0 Å². The lowest BCUT2D eigenvalue weighted by Crippen LogP contribution is -2.51. The summed E-state index contributed by atoms with van der Waals surface area (Å²) < 4.78 is 5.32. The van der Waals surface area contributed by atoms with Gasteiger partial charge in [-0.2, -0.15) is 0 Å². The lowest BCUT2D eigenvalue weighted by Gasteiger charge is -2.34. The van der Waals surface area contributed by atoms with Crippen LogP contribution in [0.2, 0.25) is 0 Å². The number of para-hydroxylation sites is 2. The molecule has 2 amide bonds. The van der Waals surface area contributed by atoms with Gasteiger partial charge < -0.3 is 10.1 Å². The zero-order valence-electron chi connectivity index (χ0n) is 14.7. The molecule has 0 saturated heterocycles. The molecule has 2 aromatic carbocycles. The van der Waals surface area contributed by atoms with Crippen molar-refractivity contribution in [3.63, 3.8) is 0 Å².